The van der Waals surface area contributed by atoms with Crippen molar-refractivity contribution < 1.29 is 0 Å². The summed E-state index contributed by atoms with van der Waals surface area (Å²) in [5.74, 6) is 0. The number of rotatable bonds is 2. The van der Waals surface area contributed by atoms with E-state index in [0.29, 0.717) is 0 Å². The summed E-state index contributed by atoms with van der Waals surface area (Å²) < 4.78 is 1.59. The third kappa shape index (κ3) is 1.44. The van der Waals surface area contributed by atoms with Gasteiger partial charge in [0, 0.05) is 27.5 Å². The van der Waals surface area contributed by atoms with Crippen molar-refractivity contribution in [2.24, 2.45) is 0 Å². The zero-order valence-corrected chi connectivity index (χ0v) is 9.13. The molecule has 0 radical (unpaired) electrons. The van der Waals surface area contributed by atoms with Crippen LogP contribution in [0.25, 0.3) is 0 Å². The van der Waals surface area contributed by atoms with E-state index in [9.17, 15) is 10.5 Å². The Morgan fingerprint density at radius 2 is 1.81 bits per heavy atom. The van der Waals surface area contributed by atoms with Gasteiger partial charge >= 0.3 is 0 Å². The molecule has 4 nitrogen and oxygen atoms in total. The van der Waals surface area contributed by atoms with E-state index < -0.39 is 10.2 Å². The van der Waals surface area contributed by atoms with Gasteiger partial charge in [0.15, 0.2) is 10.8 Å². The maximum atomic E-state index is 9.32. The Labute approximate surface area is 94.8 Å². The highest BCUT2D eigenvalue weighted by Gasteiger charge is 2.27. The van der Waals surface area contributed by atoms with Crippen molar-refractivity contribution in [1.29, 1.82) is 10.5 Å². The minimum absolute atomic E-state index is 0.720. The van der Waals surface area contributed by atoms with Crippen LogP contribution in [-0.2, 0) is 0 Å². The SMILES string of the molecule is N#CS(C#N)(c1ccccc1)n1ccnc1. The molecule has 0 saturated carbocycles. The minimum Gasteiger partial charge on any atom is -0.272 e. The van der Waals surface area contributed by atoms with Gasteiger partial charge in [-0.1, -0.05) is 18.2 Å². The van der Waals surface area contributed by atoms with Crippen LogP contribution < -0.4 is 0 Å². The molecule has 2 aromatic rings. The lowest BCUT2D eigenvalue weighted by Gasteiger charge is -2.25. The fourth-order valence-electron chi connectivity index (χ4n) is 1.37. The molecule has 0 fully saturated rings. The molecular formula is C11H8N4S. The Bertz CT molecular complexity index is 534. The van der Waals surface area contributed by atoms with Gasteiger partial charge in [0.2, 0.25) is 0 Å². The zero-order chi connectivity index (χ0) is 11.4. The number of aromatic nitrogens is 2. The van der Waals surface area contributed by atoms with E-state index in [1.165, 1.54) is 6.33 Å². The second kappa shape index (κ2) is 4.09. The van der Waals surface area contributed by atoms with Gasteiger partial charge in [-0.15, -0.1) is 0 Å². The van der Waals surface area contributed by atoms with E-state index in [1.54, 1.807) is 28.5 Å². The Morgan fingerprint density at radius 1 is 1.12 bits per heavy atom. The Hall–Kier alpha value is -2.24. The lowest BCUT2D eigenvalue weighted by atomic mass is 10.4. The number of hydrogen-bond acceptors (Lipinski definition) is 3. The van der Waals surface area contributed by atoms with Crippen molar-refractivity contribution in [1.82, 2.24) is 8.96 Å². The van der Waals surface area contributed by atoms with Gasteiger partial charge < -0.3 is 0 Å². The Morgan fingerprint density at radius 3 is 2.31 bits per heavy atom. The molecule has 1 aromatic carbocycles. The van der Waals surface area contributed by atoms with Gasteiger partial charge in [-0.05, 0) is 12.1 Å². The second-order valence-corrected chi connectivity index (χ2v) is 5.42. The van der Waals surface area contributed by atoms with Gasteiger partial charge in [0.1, 0.15) is 6.33 Å². The highest BCUT2D eigenvalue weighted by Crippen LogP contribution is 2.54. The number of imidazole rings is 1. The Balaban J connectivity index is 2.64. The number of benzene rings is 1. The van der Waals surface area contributed by atoms with Gasteiger partial charge in [0.25, 0.3) is 0 Å². The van der Waals surface area contributed by atoms with Crippen LogP contribution in [-0.4, -0.2) is 8.96 Å². The molecule has 0 atom stereocenters. The second-order valence-electron chi connectivity index (χ2n) is 3.00. The standard InChI is InChI=1S/C11H8N4S/c12-8-16(9-13,15-7-6-14-10-15)11-4-2-1-3-5-11/h1-7,10H. The summed E-state index contributed by atoms with van der Waals surface area (Å²) in [5.41, 5.74) is 0. The van der Waals surface area contributed by atoms with Crippen molar-refractivity contribution in [3.63, 3.8) is 0 Å². The molecule has 2 rings (SSSR count). The lowest BCUT2D eigenvalue weighted by Crippen LogP contribution is -2.04. The average Bonchev–Trinajstić information content (AvgIpc) is 2.87. The highest BCUT2D eigenvalue weighted by atomic mass is 32.3. The normalized spacial score (nSPS) is 11.4. The number of hydrogen-bond donors (Lipinski definition) is 0. The van der Waals surface area contributed by atoms with Crippen LogP contribution in [0.4, 0.5) is 0 Å². The number of thiocyanates is 2. The molecule has 0 amide bonds. The first kappa shape index (κ1) is 10.3. The summed E-state index contributed by atoms with van der Waals surface area (Å²) in [7, 11) is -2.32. The van der Waals surface area contributed by atoms with Crippen LogP contribution in [0.2, 0.25) is 0 Å². The zero-order valence-electron chi connectivity index (χ0n) is 8.32. The first-order valence-electron chi connectivity index (χ1n) is 4.52. The molecular weight excluding hydrogens is 220 g/mol. The third-order valence-electron chi connectivity index (χ3n) is 2.14. The molecule has 1 aromatic heterocycles. The largest absolute Gasteiger partial charge is 0.272 e. The molecule has 0 unspecified atom stereocenters. The molecule has 16 heavy (non-hydrogen) atoms. The molecule has 0 aliphatic rings. The molecule has 5 heteroatoms. The summed E-state index contributed by atoms with van der Waals surface area (Å²) >= 11 is 0. The molecule has 0 N–H and O–H groups in total. The quantitative estimate of drug-likeness (QED) is 0.741. The number of nitriles is 2. The molecule has 0 aliphatic carbocycles. The van der Waals surface area contributed by atoms with Gasteiger partial charge in [-0.3, -0.25) is 3.97 Å². The van der Waals surface area contributed by atoms with E-state index >= 15 is 0 Å². The van der Waals surface area contributed by atoms with Crippen LogP contribution in [0.5, 0.6) is 0 Å². The fraction of sp³-hybridized carbons (Fsp3) is 0. The molecule has 1 heterocycles. The summed E-state index contributed by atoms with van der Waals surface area (Å²) in [5, 5.41) is 22.9. The summed E-state index contributed by atoms with van der Waals surface area (Å²) in [4.78, 5) is 4.61. The fourth-order valence-corrected chi connectivity index (χ4v) is 3.04. The molecule has 0 saturated heterocycles. The predicted molar refractivity (Wildman–Crippen MR) is 61.2 cm³/mol. The van der Waals surface area contributed by atoms with Gasteiger partial charge in [0.05, 0.1) is 0 Å². The topological polar surface area (TPSA) is 65.4 Å². The van der Waals surface area contributed by atoms with Crippen LogP contribution >= 0.6 is 10.2 Å². The summed E-state index contributed by atoms with van der Waals surface area (Å²) in [6.07, 6.45) is 4.73. The van der Waals surface area contributed by atoms with Crippen LogP contribution in [0.1, 0.15) is 0 Å². The van der Waals surface area contributed by atoms with E-state index in [0.717, 1.165) is 4.90 Å². The number of nitrogens with zero attached hydrogens (tertiary/aromatic N) is 4. The smallest absolute Gasteiger partial charge is 0.151 e. The van der Waals surface area contributed by atoms with E-state index in [4.69, 9.17) is 0 Å². The highest BCUT2D eigenvalue weighted by molar-refractivity contribution is 8.39. The Kier molecular flexibility index (Phi) is 2.63. The van der Waals surface area contributed by atoms with Crippen molar-refractivity contribution in [2.75, 3.05) is 0 Å². The first-order valence-corrected chi connectivity index (χ1v) is 6.11. The predicted octanol–water partition coefficient (Wildman–Crippen LogP) is 2.47. The van der Waals surface area contributed by atoms with Crippen molar-refractivity contribution in [2.45, 2.75) is 4.90 Å². The van der Waals surface area contributed by atoms with Gasteiger partial charge in [-0.25, -0.2) is 4.98 Å². The summed E-state index contributed by atoms with van der Waals surface area (Å²) in [6, 6.07) is 9.09. The van der Waals surface area contributed by atoms with Crippen LogP contribution in [0, 0.1) is 21.3 Å². The van der Waals surface area contributed by atoms with Crippen LogP contribution in [0.3, 0.4) is 0 Å². The molecule has 0 spiro atoms. The third-order valence-corrected chi connectivity index (χ3v) is 4.48. The lowest BCUT2D eigenvalue weighted by molar-refractivity contribution is 1.20. The van der Waals surface area contributed by atoms with E-state index in [1.807, 2.05) is 18.2 Å². The molecule has 0 aliphatic heterocycles. The maximum absolute atomic E-state index is 9.32. The van der Waals surface area contributed by atoms with E-state index in [-0.39, 0.29) is 0 Å². The van der Waals surface area contributed by atoms with Gasteiger partial charge in [-0.2, -0.15) is 10.5 Å². The van der Waals surface area contributed by atoms with Crippen LogP contribution in [0.15, 0.2) is 53.9 Å². The maximum Gasteiger partial charge on any atom is 0.151 e. The molecule has 78 valence electrons. The monoisotopic (exact) mass is 228 g/mol. The summed E-state index contributed by atoms with van der Waals surface area (Å²) in [6.45, 7) is 0. The van der Waals surface area contributed by atoms with E-state index in [2.05, 4.69) is 15.8 Å². The average molecular weight is 228 g/mol. The molecule has 0 bridgehead atoms. The minimum atomic E-state index is -2.32. The van der Waals surface area contributed by atoms with Crippen molar-refractivity contribution in [3.8, 4) is 10.8 Å². The first-order chi connectivity index (χ1) is 7.83. The van der Waals surface area contributed by atoms with Crippen molar-refractivity contribution >= 4 is 10.2 Å². The van der Waals surface area contributed by atoms with Crippen molar-refractivity contribution in [3.05, 3.63) is 49.1 Å².